The van der Waals surface area contributed by atoms with Crippen LogP contribution in [0.25, 0.3) is 22.6 Å². The van der Waals surface area contributed by atoms with Gasteiger partial charge in [-0.2, -0.15) is 0 Å². The summed E-state index contributed by atoms with van der Waals surface area (Å²) in [5.41, 5.74) is 2.87. The molecule has 3 rings (SSSR count). The molecule has 0 bridgehead atoms. The van der Waals surface area contributed by atoms with Crippen LogP contribution in [-0.4, -0.2) is 9.97 Å². The summed E-state index contributed by atoms with van der Waals surface area (Å²) in [7, 11) is 0. The zero-order chi connectivity index (χ0) is 13.2. The maximum Gasteiger partial charge on any atom is 0.139 e. The van der Waals surface area contributed by atoms with Crippen molar-refractivity contribution in [3.8, 4) is 22.6 Å². The topological polar surface area (TPSA) is 28.7 Å². The van der Waals surface area contributed by atoms with Crippen molar-refractivity contribution in [2.75, 3.05) is 0 Å². The minimum absolute atomic E-state index is 0.680. The van der Waals surface area contributed by atoms with Crippen LogP contribution in [0, 0.1) is 0 Å². The van der Waals surface area contributed by atoms with Crippen LogP contribution in [0.1, 0.15) is 0 Å². The van der Waals surface area contributed by atoms with E-state index in [1.807, 2.05) is 48.5 Å². The summed E-state index contributed by atoms with van der Waals surface area (Å²) in [5.74, 6) is 0.760. The predicted octanol–water partition coefficient (Wildman–Crippen LogP) is 5.05. The summed E-state index contributed by atoms with van der Waals surface area (Å²) in [6, 6.07) is 15.2. The second-order valence-electron chi connectivity index (χ2n) is 4.13. The molecule has 3 aromatic rings. The summed E-state index contributed by atoms with van der Waals surface area (Å²) in [5, 5.41) is 1.40. The van der Waals surface area contributed by atoms with Crippen molar-refractivity contribution in [1.82, 2.24) is 9.97 Å². The first kappa shape index (κ1) is 12.3. The largest absolute Gasteiger partial charge is 0.338 e. The molecule has 0 unspecified atom stereocenters. The number of hydrogen-bond donors (Lipinski definition) is 1. The number of benzene rings is 2. The van der Waals surface area contributed by atoms with Gasteiger partial charge in [0.15, 0.2) is 0 Å². The molecule has 0 aliphatic rings. The van der Waals surface area contributed by atoms with Gasteiger partial charge in [-0.3, -0.25) is 0 Å². The Morgan fingerprint density at radius 2 is 1.63 bits per heavy atom. The van der Waals surface area contributed by atoms with Gasteiger partial charge in [0.1, 0.15) is 5.82 Å². The number of aromatic nitrogens is 2. The van der Waals surface area contributed by atoms with E-state index in [1.54, 1.807) is 6.20 Å². The lowest BCUT2D eigenvalue weighted by Gasteiger charge is -2.00. The fourth-order valence-corrected chi connectivity index (χ4v) is 2.24. The van der Waals surface area contributed by atoms with Crippen LogP contribution in [0.4, 0.5) is 0 Å². The number of halogens is 2. The molecule has 0 atom stereocenters. The third kappa shape index (κ3) is 2.50. The summed E-state index contributed by atoms with van der Waals surface area (Å²) in [6.07, 6.45) is 1.79. The maximum atomic E-state index is 6.16. The summed E-state index contributed by atoms with van der Waals surface area (Å²) in [4.78, 5) is 7.64. The lowest BCUT2D eigenvalue weighted by atomic mass is 10.2. The molecular weight excluding hydrogens is 279 g/mol. The molecule has 2 nitrogen and oxygen atoms in total. The zero-order valence-electron chi connectivity index (χ0n) is 9.90. The fraction of sp³-hybridized carbons (Fsp3) is 0. The van der Waals surface area contributed by atoms with Gasteiger partial charge in [-0.15, -0.1) is 0 Å². The first-order chi connectivity index (χ1) is 9.24. The smallest absolute Gasteiger partial charge is 0.139 e. The summed E-state index contributed by atoms with van der Waals surface area (Å²) < 4.78 is 0. The Balaban J connectivity index is 2.00. The van der Waals surface area contributed by atoms with Gasteiger partial charge >= 0.3 is 0 Å². The van der Waals surface area contributed by atoms with Crippen molar-refractivity contribution in [3.63, 3.8) is 0 Å². The second-order valence-corrected chi connectivity index (χ2v) is 4.98. The molecule has 1 aromatic heterocycles. The SMILES string of the molecule is Clc1ccc(-c2cnc(-c3ccccc3Cl)[nH]2)cc1. The highest BCUT2D eigenvalue weighted by molar-refractivity contribution is 6.33. The van der Waals surface area contributed by atoms with Gasteiger partial charge in [-0.1, -0.05) is 47.5 Å². The summed E-state index contributed by atoms with van der Waals surface area (Å²) in [6.45, 7) is 0. The number of hydrogen-bond acceptors (Lipinski definition) is 1. The standard InChI is InChI=1S/C15H10Cl2N2/c16-11-7-5-10(6-8-11)14-9-18-15(19-14)12-3-1-2-4-13(12)17/h1-9H,(H,18,19). The number of imidazole rings is 1. The van der Waals surface area contributed by atoms with Gasteiger partial charge in [0, 0.05) is 10.6 Å². The minimum atomic E-state index is 0.680. The van der Waals surface area contributed by atoms with E-state index in [9.17, 15) is 0 Å². The van der Waals surface area contributed by atoms with Crippen molar-refractivity contribution < 1.29 is 0 Å². The van der Waals surface area contributed by atoms with Crippen molar-refractivity contribution in [3.05, 3.63) is 64.8 Å². The van der Waals surface area contributed by atoms with Gasteiger partial charge in [-0.05, 0) is 29.8 Å². The van der Waals surface area contributed by atoms with Crippen LogP contribution in [0.5, 0.6) is 0 Å². The fourth-order valence-electron chi connectivity index (χ4n) is 1.89. The van der Waals surface area contributed by atoms with Crippen LogP contribution >= 0.6 is 23.2 Å². The Morgan fingerprint density at radius 1 is 0.895 bits per heavy atom. The van der Waals surface area contributed by atoms with Crippen LogP contribution in [0.2, 0.25) is 10.0 Å². The molecule has 0 saturated carbocycles. The van der Waals surface area contributed by atoms with Gasteiger partial charge in [0.25, 0.3) is 0 Å². The lowest BCUT2D eigenvalue weighted by molar-refractivity contribution is 1.31. The molecule has 1 N–H and O–H groups in total. The molecule has 0 radical (unpaired) electrons. The van der Waals surface area contributed by atoms with E-state index in [2.05, 4.69) is 9.97 Å². The Bertz CT molecular complexity index is 702. The van der Waals surface area contributed by atoms with Crippen LogP contribution < -0.4 is 0 Å². The van der Waals surface area contributed by atoms with E-state index in [0.717, 1.165) is 27.7 Å². The van der Waals surface area contributed by atoms with Gasteiger partial charge < -0.3 is 4.98 Å². The van der Waals surface area contributed by atoms with E-state index in [1.165, 1.54) is 0 Å². The van der Waals surface area contributed by atoms with Gasteiger partial charge in [-0.25, -0.2) is 4.98 Å². The first-order valence-electron chi connectivity index (χ1n) is 5.80. The summed E-state index contributed by atoms with van der Waals surface area (Å²) >= 11 is 12.0. The van der Waals surface area contributed by atoms with E-state index >= 15 is 0 Å². The van der Waals surface area contributed by atoms with Gasteiger partial charge in [0.2, 0.25) is 0 Å². The highest BCUT2D eigenvalue weighted by atomic mass is 35.5. The molecule has 2 aromatic carbocycles. The molecule has 94 valence electrons. The lowest BCUT2D eigenvalue weighted by Crippen LogP contribution is -1.82. The van der Waals surface area contributed by atoms with E-state index in [-0.39, 0.29) is 0 Å². The van der Waals surface area contributed by atoms with E-state index in [4.69, 9.17) is 23.2 Å². The number of nitrogens with one attached hydrogen (secondary N) is 1. The maximum absolute atomic E-state index is 6.16. The van der Waals surface area contributed by atoms with Crippen molar-refractivity contribution in [2.45, 2.75) is 0 Å². The van der Waals surface area contributed by atoms with E-state index < -0.39 is 0 Å². The van der Waals surface area contributed by atoms with Crippen molar-refractivity contribution in [1.29, 1.82) is 0 Å². The minimum Gasteiger partial charge on any atom is -0.338 e. The monoisotopic (exact) mass is 288 g/mol. The predicted molar refractivity (Wildman–Crippen MR) is 79.5 cm³/mol. The Hall–Kier alpha value is -1.77. The molecule has 0 aliphatic heterocycles. The van der Waals surface area contributed by atoms with Gasteiger partial charge in [0.05, 0.1) is 16.9 Å². The molecule has 0 spiro atoms. The van der Waals surface area contributed by atoms with Crippen molar-refractivity contribution >= 4 is 23.2 Å². The Kier molecular flexibility index (Phi) is 3.28. The number of nitrogens with zero attached hydrogens (tertiary/aromatic N) is 1. The molecular formula is C15H10Cl2N2. The highest BCUT2D eigenvalue weighted by Gasteiger charge is 2.08. The highest BCUT2D eigenvalue weighted by Crippen LogP contribution is 2.27. The third-order valence-electron chi connectivity index (χ3n) is 2.86. The second kappa shape index (κ2) is 5.08. The molecule has 0 fully saturated rings. The average molecular weight is 289 g/mol. The zero-order valence-corrected chi connectivity index (χ0v) is 11.4. The molecule has 4 heteroatoms. The molecule has 0 saturated heterocycles. The quantitative estimate of drug-likeness (QED) is 0.702. The third-order valence-corrected chi connectivity index (χ3v) is 3.44. The normalized spacial score (nSPS) is 10.6. The molecule has 0 amide bonds. The Morgan fingerprint density at radius 3 is 2.37 bits per heavy atom. The van der Waals surface area contributed by atoms with Crippen molar-refractivity contribution in [2.24, 2.45) is 0 Å². The molecule has 19 heavy (non-hydrogen) atoms. The number of aromatic amines is 1. The Labute approximate surface area is 121 Å². The first-order valence-corrected chi connectivity index (χ1v) is 6.55. The number of H-pyrrole nitrogens is 1. The van der Waals surface area contributed by atoms with E-state index in [0.29, 0.717) is 5.02 Å². The van der Waals surface area contributed by atoms with Crippen LogP contribution in [-0.2, 0) is 0 Å². The average Bonchev–Trinajstić information content (AvgIpc) is 2.89. The molecule has 1 heterocycles. The van der Waals surface area contributed by atoms with Crippen LogP contribution in [0.3, 0.4) is 0 Å². The number of rotatable bonds is 2. The van der Waals surface area contributed by atoms with Crippen LogP contribution in [0.15, 0.2) is 54.7 Å². The molecule has 0 aliphatic carbocycles.